The number of amides is 2. The molecule has 3 rings (SSSR count). The van der Waals surface area contributed by atoms with Crippen LogP contribution in [0.3, 0.4) is 0 Å². The van der Waals surface area contributed by atoms with Gasteiger partial charge in [0, 0.05) is 31.2 Å². The monoisotopic (exact) mass is 375 g/mol. The Morgan fingerprint density at radius 1 is 1.11 bits per heavy atom. The first-order valence-corrected chi connectivity index (χ1v) is 8.99. The van der Waals surface area contributed by atoms with E-state index >= 15 is 0 Å². The molecule has 0 bridgehead atoms. The molecule has 0 atom stereocenters. The molecule has 0 unspecified atom stereocenters. The van der Waals surface area contributed by atoms with Crippen molar-refractivity contribution in [1.29, 1.82) is 0 Å². The normalized spacial score (nSPS) is 14.9. The number of halogens is 2. The van der Waals surface area contributed by atoms with Gasteiger partial charge in [-0.3, -0.25) is 0 Å². The average Bonchev–Trinajstić information content (AvgIpc) is 2.68. The van der Waals surface area contributed by atoms with Crippen molar-refractivity contribution >= 4 is 11.7 Å². The van der Waals surface area contributed by atoms with Gasteiger partial charge >= 0.3 is 6.03 Å². The van der Waals surface area contributed by atoms with E-state index in [1.54, 1.807) is 29.2 Å². The van der Waals surface area contributed by atoms with E-state index in [1.807, 2.05) is 0 Å². The van der Waals surface area contributed by atoms with Crippen LogP contribution in [-0.2, 0) is 13.2 Å². The third-order valence-corrected chi connectivity index (χ3v) is 4.75. The Hall–Kier alpha value is -2.67. The minimum atomic E-state index is -0.482. The van der Waals surface area contributed by atoms with Crippen molar-refractivity contribution in [1.82, 2.24) is 10.2 Å². The van der Waals surface area contributed by atoms with E-state index in [0.717, 1.165) is 12.8 Å². The minimum Gasteiger partial charge on any atom is -0.392 e. The number of urea groups is 1. The molecule has 27 heavy (non-hydrogen) atoms. The topological polar surface area (TPSA) is 64.6 Å². The summed E-state index contributed by atoms with van der Waals surface area (Å²) < 4.78 is 27.4. The number of benzene rings is 2. The number of aliphatic hydroxyl groups is 1. The Bertz CT molecular complexity index is 793. The summed E-state index contributed by atoms with van der Waals surface area (Å²) in [4.78, 5) is 14.0. The summed E-state index contributed by atoms with van der Waals surface area (Å²) in [5.74, 6) is -0.763. The zero-order chi connectivity index (χ0) is 19.2. The first-order chi connectivity index (χ1) is 13.1. The number of likely N-dealkylation sites (tertiary alicyclic amines) is 1. The molecule has 0 radical (unpaired) electrons. The number of carbonyl (C=O) groups excluding carboxylic acids is 1. The van der Waals surface area contributed by atoms with Crippen LogP contribution in [-0.4, -0.2) is 35.2 Å². The molecule has 0 aromatic heterocycles. The lowest BCUT2D eigenvalue weighted by atomic mass is 10.0. The SMILES string of the molecule is O=C(NCc1ccc(CO)c(F)c1)N1CCC(Nc2ccccc2F)CC1. The maximum Gasteiger partial charge on any atom is 0.317 e. The fourth-order valence-electron chi connectivity index (χ4n) is 3.14. The molecule has 2 aromatic rings. The summed E-state index contributed by atoms with van der Waals surface area (Å²) in [5, 5.41) is 15.0. The van der Waals surface area contributed by atoms with Crippen molar-refractivity contribution in [2.45, 2.75) is 32.0 Å². The predicted octanol–water partition coefficient (Wildman–Crippen LogP) is 3.24. The van der Waals surface area contributed by atoms with E-state index in [-0.39, 0.29) is 36.6 Å². The van der Waals surface area contributed by atoms with Crippen molar-refractivity contribution in [2.75, 3.05) is 18.4 Å². The molecule has 1 saturated heterocycles. The summed E-state index contributed by atoms with van der Waals surface area (Å²) in [7, 11) is 0. The Kier molecular flexibility index (Phi) is 6.24. The van der Waals surface area contributed by atoms with Crippen molar-refractivity contribution < 1.29 is 18.7 Å². The number of hydrogen-bond donors (Lipinski definition) is 3. The van der Waals surface area contributed by atoms with E-state index < -0.39 is 5.82 Å². The Morgan fingerprint density at radius 2 is 1.85 bits per heavy atom. The Morgan fingerprint density at radius 3 is 2.52 bits per heavy atom. The average molecular weight is 375 g/mol. The second kappa shape index (κ2) is 8.81. The fourth-order valence-corrected chi connectivity index (χ4v) is 3.14. The highest BCUT2D eigenvalue weighted by atomic mass is 19.1. The Labute approximate surface area is 157 Å². The molecule has 0 spiro atoms. The first-order valence-electron chi connectivity index (χ1n) is 8.99. The number of nitrogens with one attached hydrogen (secondary N) is 2. The molecule has 1 fully saturated rings. The van der Waals surface area contributed by atoms with Crippen molar-refractivity contribution in [3.63, 3.8) is 0 Å². The molecule has 1 aliphatic heterocycles. The van der Waals surface area contributed by atoms with Gasteiger partial charge in [-0.15, -0.1) is 0 Å². The van der Waals surface area contributed by atoms with Gasteiger partial charge in [0.25, 0.3) is 0 Å². The van der Waals surface area contributed by atoms with Crippen LogP contribution in [0.4, 0.5) is 19.3 Å². The standard InChI is InChI=1S/C20H23F2N3O2/c21-17-3-1-2-4-19(17)24-16-7-9-25(10-8-16)20(27)23-12-14-5-6-15(13-26)18(22)11-14/h1-6,11,16,24,26H,7-10,12-13H2,(H,23,27). The van der Waals surface area contributed by atoms with Gasteiger partial charge in [-0.25, -0.2) is 13.6 Å². The van der Waals surface area contributed by atoms with Gasteiger partial charge in [-0.2, -0.15) is 0 Å². The molecular formula is C20H23F2N3O2. The third-order valence-electron chi connectivity index (χ3n) is 4.75. The van der Waals surface area contributed by atoms with Gasteiger partial charge in [0.2, 0.25) is 0 Å². The number of para-hydroxylation sites is 1. The molecule has 1 heterocycles. The van der Waals surface area contributed by atoms with Crippen molar-refractivity contribution in [3.8, 4) is 0 Å². The van der Waals surface area contributed by atoms with Crippen LogP contribution in [0.1, 0.15) is 24.0 Å². The Balaban J connectivity index is 1.46. The summed E-state index contributed by atoms with van der Waals surface area (Å²) in [5.41, 5.74) is 1.34. The molecule has 144 valence electrons. The maximum atomic E-state index is 13.7. The zero-order valence-corrected chi connectivity index (χ0v) is 14.9. The minimum absolute atomic E-state index is 0.117. The fraction of sp³-hybridized carbons (Fsp3) is 0.350. The second-order valence-electron chi connectivity index (χ2n) is 6.63. The molecule has 0 aliphatic carbocycles. The van der Waals surface area contributed by atoms with E-state index in [2.05, 4.69) is 10.6 Å². The molecule has 2 amide bonds. The van der Waals surface area contributed by atoms with E-state index in [0.29, 0.717) is 24.3 Å². The molecule has 5 nitrogen and oxygen atoms in total. The smallest absolute Gasteiger partial charge is 0.317 e. The van der Waals surface area contributed by atoms with Crippen LogP contribution in [0.15, 0.2) is 42.5 Å². The number of piperidine rings is 1. The predicted molar refractivity (Wildman–Crippen MR) is 99.2 cm³/mol. The number of hydrogen-bond acceptors (Lipinski definition) is 3. The van der Waals surface area contributed by atoms with Crippen LogP contribution in [0.25, 0.3) is 0 Å². The number of carbonyl (C=O) groups is 1. The van der Waals surface area contributed by atoms with Gasteiger partial charge in [-0.05, 0) is 36.6 Å². The molecule has 0 saturated carbocycles. The van der Waals surface area contributed by atoms with Gasteiger partial charge in [0.1, 0.15) is 11.6 Å². The summed E-state index contributed by atoms with van der Waals surface area (Å²) in [6.07, 6.45) is 1.45. The van der Waals surface area contributed by atoms with Crippen LogP contribution < -0.4 is 10.6 Å². The molecular weight excluding hydrogens is 352 g/mol. The molecule has 2 aromatic carbocycles. The van der Waals surface area contributed by atoms with Gasteiger partial charge in [-0.1, -0.05) is 24.3 Å². The van der Waals surface area contributed by atoms with Gasteiger partial charge in [0.15, 0.2) is 0 Å². The second-order valence-corrected chi connectivity index (χ2v) is 6.63. The quantitative estimate of drug-likeness (QED) is 0.752. The number of nitrogens with zero attached hydrogens (tertiary/aromatic N) is 1. The molecule has 1 aliphatic rings. The first kappa shape index (κ1) is 19.1. The number of rotatable bonds is 5. The highest BCUT2D eigenvalue weighted by Gasteiger charge is 2.23. The summed E-state index contributed by atoms with van der Waals surface area (Å²) >= 11 is 0. The molecule has 3 N–H and O–H groups in total. The van der Waals surface area contributed by atoms with Crippen LogP contribution in [0, 0.1) is 11.6 Å². The third kappa shape index (κ3) is 4.95. The van der Waals surface area contributed by atoms with Gasteiger partial charge < -0.3 is 20.6 Å². The highest BCUT2D eigenvalue weighted by molar-refractivity contribution is 5.74. The largest absolute Gasteiger partial charge is 0.392 e. The maximum absolute atomic E-state index is 13.7. The zero-order valence-electron chi connectivity index (χ0n) is 14.9. The van der Waals surface area contributed by atoms with Crippen LogP contribution in [0.5, 0.6) is 0 Å². The van der Waals surface area contributed by atoms with Crippen molar-refractivity contribution in [2.24, 2.45) is 0 Å². The number of anilines is 1. The van der Waals surface area contributed by atoms with Crippen LogP contribution >= 0.6 is 0 Å². The van der Waals surface area contributed by atoms with E-state index in [4.69, 9.17) is 5.11 Å². The van der Waals surface area contributed by atoms with Crippen molar-refractivity contribution in [3.05, 3.63) is 65.2 Å². The van der Waals surface area contributed by atoms with Gasteiger partial charge in [0.05, 0.1) is 12.3 Å². The lowest BCUT2D eigenvalue weighted by molar-refractivity contribution is 0.183. The molecule has 7 heteroatoms. The van der Waals surface area contributed by atoms with Crippen LogP contribution in [0.2, 0.25) is 0 Å². The highest BCUT2D eigenvalue weighted by Crippen LogP contribution is 2.19. The summed E-state index contributed by atoms with van der Waals surface area (Å²) in [6, 6.07) is 11.0. The van der Waals surface area contributed by atoms with E-state index in [1.165, 1.54) is 18.2 Å². The lowest BCUT2D eigenvalue weighted by Crippen LogP contribution is -2.46. The summed E-state index contributed by atoms with van der Waals surface area (Å²) in [6.45, 7) is 0.995. The van der Waals surface area contributed by atoms with E-state index in [9.17, 15) is 13.6 Å². The lowest BCUT2D eigenvalue weighted by Gasteiger charge is -2.33. The number of aliphatic hydroxyl groups excluding tert-OH is 1.